The Labute approximate surface area is 159 Å². The van der Waals surface area contributed by atoms with E-state index >= 15 is 0 Å². The first-order valence-corrected chi connectivity index (χ1v) is 8.62. The van der Waals surface area contributed by atoms with Crippen LogP contribution in [0.3, 0.4) is 0 Å². The number of hydrogen-bond donors (Lipinski definition) is 0. The Morgan fingerprint density at radius 3 is 1.92 bits per heavy atom. The SMILES string of the molecule is Cc1ccc(C#N)c2ncccc12.N#Cc1ccc(Br)c2cccnc12. The number of aromatic nitrogens is 2. The van der Waals surface area contributed by atoms with E-state index in [2.05, 4.69) is 38.0 Å². The van der Waals surface area contributed by atoms with Crippen molar-refractivity contribution in [2.45, 2.75) is 6.92 Å². The molecule has 4 nitrogen and oxygen atoms in total. The first-order valence-electron chi connectivity index (χ1n) is 7.83. The lowest BCUT2D eigenvalue weighted by Crippen LogP contribution is -1.85. The molecule has 0 N–H and O–H groups in total. The fourth-order valence-corrected chi connectivity index (χ4v) is 3.09. The first-order chi connectivity index (χ1) is 12.7. The van der Waals surface area contributed by atoms with E-state index in [1.807, 2.05) is 49.4 Å². The minimum Gasteiger partial charge on any atom is -0.255 e. The highest BCUT2D eigenvalue weighted by atomic mass is 79.9. The maximum absolute atomic E-state index is 8.84. The number of aryl methyl sites for hydroxylation is 1. The van der Waals surface area contributed by atoms with Gasteiger partial charge in [0.2, 0.25) is 0 Å². The van der Waals surface area contributed by atoms with Gasteiger partial charge in [-0.05, 0) is 42.8 Å². The molecule has 2 aromatic carbocycles. The monoisotopic (exact) mass is 400 g/mol. The van der Waals surface area contributed by atoms with Crippen molar-refractivity contribution in [1.82, 2.24) is 9.97 Å². The van der Waals surface area contributed by atoms with Crippen molar-refractivity contribution in [1.29, 1.82) is 10.5 Å². The van der Waals surface area contributed by atoms with E-state index in [0.29, 0.717) is 11.1 Å². The zero-order valence-electron chi connectivity index (χ0n) is 13.9. The molecule has 0 amide bonds. The fraction of sp³-hybridized carbons (Fsp3) is 0.0476. The summed E-state index contributed by atoms with van der Waals surface area (Å²) in [5.41, 5.74) is 3.95. The predicted molar refractivity (Wildman–Crippen MR) is 105 cm³/mol. The van der Waals surface area contributed by atoms with Gasteiger partial charge in [0.05, 0.1) is 22.2 Å². The Bertz CT molecular complexity index is 1090. The zero-order valence-corrected chi connectivity index (χ0v) is 15.5. The Kier molecular flexibility index (Phi) is 5.22. The molecule has 0 bridgehead atoms. The minimum atomic E-state index is 0.610. The van der Waals surface area contributed by atoms with E-state index in [-0.39, 0.29) is 0 Å². The van der Waals surface area contributed by atoms with Gasteiger partial charge >= 0.3 is 0 Å². The molecule has 0 fully saturated rings. The number of pyridine rings is 2. The maximum atomic E-state index is 8.84. The van der Waals surface area contributed by atoms with Gasteiger partial charge in [-0.25, -0.2) is 0 Å². The second-order valence-corrected chi connectivity index (χ2v) is 6.40. The molecule has 0 radical (unpaired) electrons. The van der Waals surface area contributed by atoms with Gasteiger partial charge in [0.25, 0.3) is 0 Å². The molecule has 2 heterocycles. The molecule has 0 saturated heterocycles. The molecule has 0 aliphatic heterocycles. The van der Waals surface area contributed by atoms with E-state index in [1.165, 1.54) is 0 Å². The highest BCUT2D eigenvalue weighted by Crippen LogP contribution is 2.24. The highest BCUT2D eigenvalue weighted by Gasteiger charge is 2.03. The minimum absolute atomic E-state index is 0.610. The van der Waals surface area contributed by atoms with E-state index in [4.69, 9.17) is 10.5 Å². The van der Waals surface area contributed by atoms with Crippen LogP contribution in [0.1, 0.15) is 16.7 Å². The molecular weight excluding hydrogens is 388 g/mol. The van der Waals surface area contributed by atoms with Crippen LogP contribution in [0.25, 0.3) is 21.8 Å². The lowest BCUT2D eigenvalue weighted by molar-refractivity contribution is 1.37. The van der Waals surface area contributed by atoms with Gasteiger partial charge < -0.3 is 0 Å². The van der Waals surface area contributed by atoms with Gasteiger partial charge in [0, 0.05) is 27.6 Å². The Hall–Kier alpha value is -3.28. The number of fused-ring (bicyclic) bond motifs is 2. The molecule has 2 aromatic heterocycles. The molecule has 5 heteroatoms. The largest absolute Gasteiger partial charge is 0.255 e. The van der Waals surface area contributed by atoms with Crippen molar-refractivity contribution in [3.05, 3.63) is 82.1 Å². The summed E-state index contributed by atoms with van der Waals surface area (Å²) in [6.45, 7) is 2.02. The van der Waals surface area contributed by atoms with E-state index in [9.17, 15) is 0 Å². The van der Waals surface area contributed by atoms with Crippen molar-refractivity contribution >= 4 is 37.7 Å². The first kappa shape index (κ1) is 17.5. The number of nitriles is 2. The standard InChI is InChI=1S/C11H8N2.C10H5BrN2/c1-8-4-5-9(7-12)11-10(8)3-2-6-13-11;11-9-4-3-7(6-12)10-8(9)2-1-5-13-10/h2-6H,1H3;1-5H. The van der Waals surface area contributed by atoms with Crippen LogP contribution in [0.15, 0.2) is 65.4 Å². The number of nitrogens with zero attached hydrogens (tertiary/aromatic N) is 4. The van der Waals surface area contributed by atoms with Gasteiger partial charge in [-0.2, -0.15) is 10.5 Å². The van der Waals surface area contributed by atoms with Crippen LogP contribution in [-0.2, 0) is 0 Å². The van der Waals surface area contributed by atoms with E-state index < -0.39 is 0 Å². The molecule has 124 valence electrons. The summed E-state index contributed by atoms with van der Waals surface area (Å²) in [6, 6.07) is 19.3. The van der Waals surface area contributed by atoms with Crippen LogP contribution >= 0.6 is 15.9 Å². The van der Waals surface area contributed by atoms with E-state index in [1.54, 1.807) is 18.5 Å². The number of rotatable bonds is 0. The topological polar surface area (TPSA) is 73.4 Å². The molecule has 4 rings (SSSR count). The third-order valence-electron chi connectivity index (χ3n) is 3.95. The third-order valence-corrected chi connectivity index (χ3v) is 4.64. The van der Waals surface area contributed by atoms with Crippen molar-refractivity contribution in [2.24, 2.45) is 0 Å². The van der Waals surface area contributed by atoms with E-state index in [0.717, 1.165) is 31.8 Å². The van der Waals surface area contributed by atoms with Crippen LogP contribution in [-0.4, -0.2) is 9.97 Å². The molecule has 0 spiro atoms. The maximum Gasteiger partial charge on any atom is 0.101 e. The summed E-state index contributed by atoms with van der Waals surface area (Å²) in [6.07, 6.45) is 3.40. The van der Waals surface area contributed by atoms with Crippen LogP contribution in [0, 0.1) is 29.6 Å². The molecule has 0 saturated carbocycles. The van der Waals surface area contributed by atoms with Gasteiger partial charge in [-0.15, -0.1) is 0 Å². The molecule has 0 unspecified atom stereocenters. The average molecular weight is 401 g/mol. The smallest absolute Gasteiger partial charge is 0.101 e. The number of halogens is 1. The van der Waals surface area contributed by atoms with Gasteiger partial charge in [-0.1, -0.05) is 34.1 Å². The summed E-state index contributed by atoms with van der Waals surface area (Å²) in [7, 11) is 0. The van der Waals surface area contributed by atoms with Gasteiger partial charge in [-0.3, -0.25) is 9.97 Å². The van der Waals surface area contributed by atoms with Crippen molar-refractivity contribution in [2.75, 3.05) is 0 Å². The molecule has 0 atom stereocenters. The van der Waals surface area contributed by atoms with Crippen LogP contribution in [0.5, 0.6) is 0 Å². The molecular formula is C21H13BrN4. The summed E-state index contributed by atoms with van der Waals surface area (Å²) in [5.74, 6) is 0. The number of hydrogen-bond acceptors (Lipinski definition) is 4. The van der Waals surface area contributed by atoms with Gasteiger partial charge in [0.15, 0.2) is 0 Å². The van der Waals surface area contributed by atoms with Crippen molar-refractivity contribution in [3.8, 4) is 12.1 Å². The fourth-order valence-electron chi connectivity index (χ4n) is 2.63. The zero-order chi connectivity index (χ0) is 18.5. The normalized spacial score (nSPS) is 9.85. The van der Waals surface area contributed by atoms with Crippen molar-refractivity contribution in [3.63, 3.8) is 0 Å². The second kappa shape index (κ2) is 7.74. The van der Waals surface area contributed by atoms with Crippen LogP contribution in [0.4, 0.5) is 0 Å². The third kappa shape index (κ3) is 3.39. The Morgan fingerprint density at radius 2 is 1.31 bits per heavy atom. The molecule has 0 aliphatic rings. The van der Waals surface area contributed by atoms with Crippen LogP contribution in [0.2, 0.25) is 0 Å². The Balaban J connectivity index is 0.000000151. The molecule has 26 heavy (non-hydrogen) atoms. The lowest BCUT2D eigenvalue weighted by Gasteiger charge is -2.01. The van der Waals surface area contributed by atoms with Gasteiger partial charge in [0.1, 0.15) is 12.1 Å². The van der Waals surface area contributed by atoms with Crippen molar-refractivity contribution < 1.29 is 0 Å². The lowest BCUT2D eigenvalue weighted by atomic mass is 10.1. The quantitative estimate of drug-likeness (QED) is 0.402. The Morgan fingerprint density at radius 1 is 0.769 bits per heavy atom. The summed E-state index contributed by atoms with van der Waals surface area (Å²) < 4.78 is 0.967. The number of benzene rings is 2. The molecule has 0 aliphatic carbocycles. The molecule has 4 aromatic rings. The summed E-state index contributed by atoms with van der Waals surface area (Å²) in [5, 5.41) is 19.7. The summed E-state index contributed by atoms with van der Waals surface area (Å²) >= 11 is 3.41. The van der Waals surface area contributed by atoms with Crippen LogP contribution < -0.4 is 0 Å². The second-order valence-electron chi connectivity index (χ2n) is 5.55. The summed E-state index contributed by atoms with van der Waals surface area (Å²) in [4.78, 5) is 8.35. The predicted octanol–water partition coefficient (Wildman–Crippen LogP) is 5.28. The average Bonchev–Trinajstić information content (AvgIpc) is 2.70. The highest BCUT2D eigenvalue weighted by molar-refractivity contribution is 9.10.